The first-order valence-electron chi connectivity index (χ1n) is 7.16. The molecular weight excluding hydrogens is 244 g/mol. The third-order valence-electron chi connectivity index (χ3n) is 3.89. The number of thioether (sulfide) groups is 1. The van der Waals surface area contributed by atoms with Gasteiger partial charge in [-0.15, -0.1) is 0 Å². The van der Waals surface area contributed by atoms with Gasteiger partial charge in [-0.1, -0.05) is 6.92 Å². The van der Waals surface area contributed by atoms with Gasteiger partial charge in [0.15, 0.2) is 0 Å². The Hall–Kier alpha value is -0.220. The van der Waals surface area contributed by atoms with Gasteiger partial charge in [0.05, 0.1) is 6.04 Å². The fourth-order valence-electron chi connectivity index (χ4n) is 2.36. The minimum absolute atomic E-state index is 0.0742. The first kappa shape index (κ1) is 15.8. The van der Waals surface area contributed by atoms with Crippen molar-refractivity contribution in [2.24, 2.45) is 0 Å². The second kappa shape index (κ2) is 8.05. The average molecular weight is 272 g/mol. The molecule has 0 aromatic heterocycles. The van der Waals surface area contributed by atoms with E-state index in [1.54, 1.807) is 0 Å². The molecule has 1 amide bonds. The average Bonchev–Trinajstić information content (AvgIpc) is 2.39. The monoisotopic (exact) mass is 272 g/mol. The van der Waals surface area contributed by atoms with Crippen LogP contribution >= 0.6 is 11.8 Å². The molecule has 1 aliphatic rings. The number of rotatable bonds is 6. The Morgan fingerprint density at radius 1 is 1.28 bits per heavy atom. The lowest BCUT2D eigenvalue weighted by Gasteiger charge is -2.30. The smallest absolute Gasteiger partial charge is 0.237 e. The van der Waals surface area contributed by atoms with Gasteiger partial charge in [0.2, 0.25) is 5.91 Å². The second-order valence-electron chi connectivity index (χ2n) is 5.42. The molecule has 1 saturated carbocycles. The molecule has 0 radical (unpaired) electrons. The Kier molecular flexibility index (Phi) is 7.08. The van der Waals surface area contributed by atoms with E-state index in [9.17, 15) is 4.79 Å². The van der Waals surface area contributed by atoms with Gasteiger partial charge in [-0.25, -0.2) is 0 Å². The van der Waals surface area contributed by atoms with E-state index in [0.29, 0.717) is 6.04 Å². The number of hydrogen-bond acceptors (Lipinski definition) is 3. The van der Waals surface area contributed by atoms with Crippen molar-refractivity contribution in [2.75, 3.05) is 6.26 Å². The number of carbonyl (C=O) groups excluding carboxylic acids is 1. The predicted octanol–water partition coefficient (Wildman–Crippen LogP) is 2.55. The van der Waals surface area contributed by atoms with Crippen molar-refractivity contribution in [3.8, 4) is 0 Å². The molecule has 0 spiro atoms. The van der Waals surface area contributed by atoms with Crippen LogP contribution in [0.1, 0.15) is 52.9 Å². The molecule has 0 heterocycles. The van der Waals surface area contributed by atoms with Crippen LogP contribution in [-0.2, 0) is 4.79 Å². The summed E-state index contributed by atoms with van der Waals surface area (Å²) in [6, 6.07) is 0.717. The third kappa shape index (κ3) is 5.19. The Balaban J connectivity index is 2.27. The zero-order chi connectivity index (χ0) is 13.5. The van der Waals surface area contributed by atoms with E-state index in [0.717, 1.165) is 11.7 Å². The van der Waals surface area contributed by atoms with Crippen molar-refractivity contribution in [1.82, 2.24) is 10.6 Å². The van der Waals surface area contributed by atoms with Crippen molar-refractivity contribution in [1.29, 1.82) is 0 Å². The van der Waals surface area contributed by atoms with Gasteiger partial charge in [-0.05, 0) is 52.2 Å². The normalized spacial score (nSPS) is 27.6. The number of amides is 1. The van der Waals surface area contributed by atoms with Gasteiger partial charge in [0.25, 0.3) is 0 Å². The van der Waals surface area contributed by atoms with Crippen molar-refractivity contribution >= 4 is 17.7 Å². The molecule has 0 aliphatic heterocycles. The van der Waals surface area contributed by atoms with Gasteiger partial charge >= 0.3 is 0 Å². The fourth-order valence-corrected chi connectivity index (χ4v) is 3.11. The van der Waals surface area contributed by atoms with Crippen molar-refractivity contribution in [3.63, 3.8) is 0 Å². The highest BCUT2D eigenvalue weighted by molar-refractivity contribution is 7.99. The van der Waals surface area contributed by atoms with E-state index in [4.69, 9.17) is 0 Å². The maximum Gasteiger partial charge on any atom is 0.237 e. The Labute approximate surface area is 116 Å². The SMILES string of the molecule is CCC(C)NC(=O)C(C)NC1CCC(SC)CC1. The van der Waals surface area contributed by atoms with E-state index in [1.807, 2.05) is 25.6 Å². The number of hydrogen-bond donors (Lipinski definition) is 2. The summed E-state index contributed by atoms with van der Waals surface area (Å²) < 4.78 is 0. The highest BCUT2D eigenvalue weighted by Gasteiger charge is 2.23. The lowest BCUT2D eigenvalue weighted by molar-refractivity contribution is -0.123. The zero-order valence-corrected chi connectivity index (χ0v) is 13.0. The van der Waals surface area contributed by atoms with Gasteiger partial charge < -0.3 is 10.6 Å². The molecule has 2 unspecified atom stereocenters. The largest absolute Gasteiger partial charge is 0.352 e. The third-order valence-corrected chi connectivity index (χ3v) is 5.03. The molecule has 4 heteroatoms. The molecule has 0 bridgehead atoms. The maximum absolute atomic E-state index is 11.9. The van der Waals surface area contributed by atoms with Crippen molar-refractivity contribution in [3.05, 3.63) is 0 Å². The summed E-state index contributed by atoms with van der Waals surface area (Å²) in [5.41, 5.74) is 0. The maximum atomic E-state index is 11.9. The van der Waals surface area contributed by atoms with Gasteiger partial charge in [-0.2, -0.15) is 11.8 Å². The van der Waals surface area contributed by atoms with Crippen LogP contribution in [0.3, 0.4) is 0 Å². The molecule has 2 N–H and O–H groups in total. The summed E-state index contributed by atoms with van der Waals surface area (Å²) in [6.45, 7) is 6.11. The van der Waals surface area contributed by atoms with Gasteiger partial charge in [0.1, 0.15) is 0 Å². The Morgan fingerprint density at radius 2 is 1.89 bits per heavy atom. The zero-order valence-electron chi connectivity index (χ0n) is 12.2. The molecule has 0 aromatic rings. The number of carbonyl (C=O) groups is 1. The topological polar surface area (TPSA) is 41.1 Å². The van der Waals surface area contributed by atoms with E-state index in [-0.39, 0.29) is 18.0 Å². The lowest BCUT2D eigenvalue weighted by Crippen LogP contribution is -2.49. The molecule has 18 heavy (non-hydrogen) atoms. The van der Waals surface area contributed by atoms with E-state index in [2.05, 4.69) is 23.8 Å². The summed E-state index contributed by atoms with van der Waals surface area (Å²) in [7, 11) is 0. The quantitative estimate of drug-likeness (QED) is 0.781. The first-order valence-corrected chi connectivity index (χ1v) is 8.44. The Bertz CT molecular complexity index is 252. The van der Waals surface area contributed by atoms with Crippen LogP contribution in [-0.4, -0.2) is 35.5 Å². The van der Waals surface area contributed by atoms with Crippen LogP contribution in [0.25, 0.3) is 0 Å². The second-order valence-corrected chi connectivity index (χ2v) is 6.55. The van der Waals surface area contributed by atoms with E-state index in [1.165, 1.54) is 25.7 Å². The van der Waals surface area contributed by atoms with E-state index >= 15 is 0 Å². The standard InChI is InChI=1S/C14H28N2OS/c1-5-10(2)15-14(17)11(3)16-12-6-8-13(18-4)9-7-12/h10-13,16H,5-9H2,1-4H3,(H,15,17). The van der Waals surface area contributed by atoms with E-state index < -0.39 is 0 Å². The molecule has 3 nitrogen and oxygen atoms in total. The van der Waals surface area contributed by atoms with Crippen LogP contribution in [0.5, 0.6) is 0 Å². The molecule has 2 atom stereocenters. The summed E-state index contributed by atoms with van der Waals surface area (Å²) in [4.78, 5) is 11.9. The Morgan fingerprint density at radius 3 is 2.39 bits per heavy atom. The molecule has 1 rings (SSSR count). The predicted molar refractivity (Wildman–Crippen MR) is 80.1 cm³/mol. The van der Waals surface area contributed by atoms with Crippen LogP contribution in [0, 0.1) is 0 Å². The summed E-state index contributed by atoms with van der Waals surface area (Å²) >= 11 is 1.98. The molecule has 106 valence electrons. The fraction of sp³-hybridized carbons (Fsp3) is 0.929. The minimum atomic E-state index is -0.0742. The van der Waals surface area contributed by atoms with Crippen LogP contribution in [0.15, 0.2) is 0 Å². The molecule has 0 saturated heterocycles. The summed E-state index contributed by atoms with van der Waals surface area (Å²) in [5.74, 6) is 0.135. The van der Waals surface area contributed by atoms with Gasteiger partial charge in [0, 0.05) is 17.3 Å². The lowest BCUT2D eigenvalue weighted by atomic mass is 9.94. The van der Waals surface area contributed by atoms with Crippen LogP contribution in [0.4, 0.5) is 0 Å². The summed E-state index contributed by atoms with van der Waals surface area (Å²) in [5, 5.41) is 7.33. The summed E-state index contributed by atoms with van der Waals surface area (Å²) in [6.07, 6.45) is 8.13. The molecule has 1 fully saturated rings. The molecule has 0 aromatic carbocycles. The van der Waals surface area contributed by atoms with Gasteiger partial charge in [-0.3, -0.25) is 4.79 Å². The van der Waals surface area contributed by atoms with Crippen LogP contribution in [0.2, 0.25) is 0 Å². The van der Waals surface area contributed by atoms with Crippen molar-refractivity contribution < 1.29 is 4.79 Å². The minimum Gasteiger partial charge on any atom is -0.352 e. The number of nitrogens with one attached hydrogen (secondary N) is 2. The van der Waals surface area contributed by atoms with Crippen LogP contribution < -0.4 is 10.6 Å². The first-order chi connectivity index (χ1) is 8.56. The molecule has 1 aliphatic carbocycles. The highest BCUT2D eigenvalue weighted by atomic mass is 32.2. The van der Waals surface area contributed by atoms with Crippen molar-refractivity contribution in [2.45, 2.75) is 76.3 Å². The highest BCUT2D eigenvalue weighted by Crippen LogP contribution is 2.26. The molecular formula is C14H28N2OS.